The highest BCUT2D eigenvalue weighted by Crippen LogP contribution is 2.51. The average Bonchev–Trinajstić information content (AvgIpc) is 3.20. The van der Waals surface area contributed by atoms with Gasteiger partial charge < -0.3 is 10.6 Å². The van der Waals surface area contributed by atoms with Gasteiger partial charge in [-0.1, -0.05) is 36.4 Å². The van der Waals surface area contributed by atoms with Crippen LogP contribution in [-0.2, 0) is 6.42 Å². The number of carbonyl (C=O) groups is 1. The number of thioether (sulfide) groups is 1. The Kier molecular flexibility index (Phi) is 5.16. The quantitative estimate of drug-likeness (QED) is 0.495. The molecule has 1 aromatic heterocycles. The van der Waals surface area contributed by atoms with Gasteiger partial charge in [-0.2, -0.15) is 18.3 Å². The molecule has 5 nitrogen and oxygen atoms in total. The van der Waals surface area contributed by atoms with E-state index in [1.165, 1.54) is 17.8 Å². The van der Waals surface area contributed by atoms with E-state index in [4.69, 9.17) is 0 Å². The Labute approximate surface area is 187 Å². The number of alkyl halides is 3. The fraction of sp³-hybridized carbons (Fsp3) is 0.304. The van der Waals surface area contributed by atoms with Crippen molar-refractivity contribution in [3.8, 4) is 0 Å². The summed E-state index contributed by atoms with van der Waals surface area (Å²) in [4.78, 5) is 13.7. The first-order chi connectivity index (χ1) is 15.4. The molecule has 2 N–H and O–H groups in total. The van der Waals surface area contributed by atoms with Gasteiger partial charge in [0.25, 0.3) is 5.91 Å². The van der Waals surface area contributed by atoms with Gasteiger partial charge >= 0.3 is 6.18 Å². The number of carbonyl (C=O) groups excluding carboxylic acids is 1. The van der Waals surface area contributed by atoms with E-state index in [0.717, 1.165) is 20.7 Å². The fourth-order valence-electron chi connectivity index (χ4n) is 4.79. The first-order valence-electron chi connectivity index (χ1n) is 10.3. The van der Waals surface area contributed by atoms with Gasteiger partial charge in [-0.15, -0.1) is 11.8 Å². The molecule has 0 bridgehead atoms. The number of hydrogen-bond acceptors (Lipinski definition) is 4. The van der Waals surface area contributed by atoms with Crippen LogP contribution in [0.1, 0.15) is 40.1 Å². The normalized spacial score (nSPS) is 21.7. The average molecular weight is 459 g/mol. The van der Waals surface area contributed by atoms with Gasteiger partial charge in [0.15, 0.2) is 11.7 Å². The Morgan fingerprint density at radius 3 is 2.72 bits per heavy atom. The Morgan fingerprint density at radius 1 is 1.19 bits per heavy atom. The Morgan fingerprint density at radius 2 is 1.94 bits per heavy atom. The van der Waals surface area contributed by atoms with Crippen molar-refractivity contribution in [1.82, 2.24) is 9.78 Å². The standard InChI is InChI=1S/C23H21F3N4OS/c1-32-18-9-5-4-8-16(18)27-22(31)17-12-19-28-20-14-7-3-2-6-13(14)10-11-15(20)21(23(24,25)26)30(19)29-17/h2-9,12,15,20-21,28H,10-11H2,1H3,(H,27,31)/t15-,20-,21-/m0/s1. The molecule has 32 heavy (non-hydrogen) atoms. The van der Waals surface area contributed by atoms with Crippen LogP contribution in [0.15, 0.2) is 59.5 Å². The lowest BCUT2D eigenvalue weighted by Gasteiger charge is -2.43. The highest BCUT2D eigenvalue weighted by Gasteiger charge is 2.53. The number of amides is 1. The van der Waals surface area contributed by atoms with Gasteiger partial charge in [0.05, 0.1) is 11.7 Å². The van der Waals surface area contributed by atoms with Crippen molar-refractivity contribution >= 4 is 29.2 Å². The monoisotopic (exact) mass is 458 g/mol. The number of halogens is 3. The van der Waals surface area contributed by atoms with Crippen LogP contribution in [0.25, 0.3) is 0 Å². The van der Waals surface area contributed by atoms with Crippen molar-refractivity contribution in [3.63, 3.8) is 0 Å². The minimum absolute atomic E-state index is 0.0513. The van der Waals surface area contributed by atoms with E-state index in [2.05, 4.69) is 15.7 Å². The Balaban J connectivity index is 1.52. The number of nitrogens with one attached hydrogen (secondary N) is 2. The summed E-state index contributed by atoms with van der Waals surface area (Å²) >= 11 is 1.47. The molecule has 3 aromatic rings. The van der Waals surface area contributed by atoms with E-state index in [1.807, 2.05) is 42.7 Å². The Hall–Kier alpha value is -2.94. The van der Waals surface area contributed by atoms with Gasteiger partial charge in [0.1, 0.15) is 5.82 Å². The maximum atomic E-state index is 14.2. The smallest absolute Gasteiger partial charge is 0.363 e. The number of anilines is 2. The summed E-state index contributed by atoms with van der Waals surface area (Å²) in [6, 6.07) is 14.0. The van der Waals surface area contributed by atoms with Crippen LogP contribution >= 0.6 is 11.8 Å². The second-order valence-electron chi connectivity index (χ2n) is 8.02. The molecule has 166 valence electrons. The molecule has 0 fully saturated rings. The van der Waals surface area contributed by atoms with Crippen molar-refractivity contribution < 1.29 is 18.0 Å². The van der Waals surface area contributed by atoms with E-state index in [1.54, 1.807) is 12.1 Å². The molecule has 0 saturated heterocycles. The molecular formula is C23H21F3N4OS. The van der Waals surface area contributed by atoms with Crippen LogP contribution in [0.2, 0.25) is 0 Å². The number of hydrogen-bond donors (Lipinski definition) is 2. The van der Waals surface area contributed by atoms with Gasteiger partial charge in [-0.3, -0.25) is 4.79 Å². The lowest BCUT2D eigenvalue weighted by molar-refractivity contribution is -0.188. The third-order valence-corrected chi connectivity index (χ3v) is 6.99. The van der Waals surface area contributed by atoms with Gasteiger partial charge in [0, 0.05) is 16.9 Å². The summed E-state index contributed by atoms with van der Waals surface area (Å²) in [5.41, 5.74) is 2.48. The molecule has 3 atom stereocenters. The molecule has 2 heterocycles. The zero-order chi connectivity index (χ0) is 22.5. The number of fused-ring (bicyclic) bond motifs is 4. The molecule has 0 radical (unpaired) electrons. The van der Waals surface area contributed by atoms with Crippen LogP contribution in [0.5, 0.6) is 0 Å². The minimum Gasteiger partial charge on any atom is -0.363 e. The van der Waals surface area contributed by atoms with Crippen molar-refractivity contribution in [2.45, 2.75) is 36.0 Å². The molecule has 0 saturated carbocycles. The van der Waals surface area contributed by atoms with E-state index in [-0.39, 0.29) is 11.5 Å². The zero-order valence-electron chi connectivity index (χ0n) is 17.2. The van der Waals surface area contributed by atoms with E-state index >= 15 is 0 Å². The van der Waals surface area contributed by atoms with Gasteiger partial charge in [-0.25, -0.2) is 4.68 Å². The highest BCUT2D eigenvalue weighted by molar-refractivity contribution is 7.98. The number of rotatable bonds is 3. The third-order valence-electron chi connectivity index (χ3n) is 6.20. The summed E-state index contributed by atoms with van der Waals surface area (Å²) in [6.07, 6.45) is -1.63. The van der Waals surface area contributed by atoms with Crippen LogP contribution in [0, 0.1) is 5.92 Å². The second kappa shape index (κ2) is 7.88. The van der Waals surface area contributed by atoms with Crippen LogP contribution in [0.3, 0.4) is 0 Å². The van der Waals surface area contributed by atoms with E-state index in [0.29, 0.717) is 18.5 Å². The first-order valence-corrected chi connectivity index (χ1v) is 11.5. The zero-order valence-corrected chi connectivity index (χ0v) is 18.0. The predicted octanol–water partition coefficient (Wildman–Crippen LogP) is 5.69. The van der Waals surface area contributed by atoms with E-state index < -0.39 is 30.1 Å². The van der Waals surface area contributed by atoms with Gasteiger partial charge in [-0.05, 0) is 42.4 Å². The first kappa shape index (κ1) is 20.9. The molecule has 1 aliphatic carbocycles. The number of benzene rings is 2. The maximum Gasteiger partial charge on any atom is 0.411 e. The summed E-state index contributed by atoms with van der Waals surface area (Å²) in [5.74, 6) is -1.04. The molecule has 9 heteroatoms. The topological polar surface area (TPSA) is 59.0 Å². The Bertz CT molecular complexity index is 1180. The second-order valence-corrected chi connectivity index (χ2v) is 8.87. The highest BCUT2D eigenvalue weighted by atomic mass is 32.2. The molecule has 1 aliphatic heterocycles. The van der Waals surface area contributed by atoms with Crippen LogP contribution < -0.4 is 10.6 Å². The number of aryl methyl sites for hydroxylation is 1. The number of para-hydroxylation sites is 1. The lowest BCUT2D eigenvalue weighted by atomic mass is 9.75. The SMILES string of the molecule is CSc1ccccc1NC(=O)c1cc2n(n1)[C@H](C(F)(F)F)[C@H]1CCc3ccccc3[C@@H]1N2. The number of nitrogens with zero attached hydrogens (tertiary/aromatic N) is 2. The molecule has 0 unspecified atom stereocenters. The van der Waals surface area contributed by atoms with Crippen molar-refractivity contribution in [2.24, 2.45) is 5.92 Å². The summed E-state index contributed by atoms with van der Waals surface area (Å²) in [5, 5.41) is 10.1. The minimum atomic E-state index is -4.49. The molecule has 2 aliphatic rings. The fourth-order valence-corrected chi connectivity index (χ4v) is 5.34. The largest absolute Gasteiger partial charge is 0.411 e. The van der Waals surface area contributed by atoms with Crippen molar-refractivity contribution in [2.75, 3.05) is 16.9 Å². The van der Waals surface area contributed by atoms with E-state index in [9.17, 15) is 18.0 Å². The molecule has 2 aromatic carbocycles. The molecule has 0 spiro atoms. The number of aromatic nitrogens is 2. The van der Waals surface area contributed by atoms with Gasteiger partial charge in [0.2, 0.25) is 0 Å². The summed E-state index contributed by atoms with van der Waals surface area (Å²) < 4.78 is 43.6. The lowest BCUT2D eigenvalue weighted by Crippen LogP contribution is -2.45. The molecule has 1 amide bonds. The van der Waals surface area contributed by atoms with Crippen molar-refractivity contribution in [1.29, 1.82) is 0 Å². The molecule has 5 rings (SSSR count). The van der Waals surface area contributed by atoms with Crippen LogP contribution in [-0.4, -0.2) is 28.1 Å². The summed E-state index contributed by atoms with van der Waals surface area (Å²) in [7, 11) is 0. The maximum absolute atomic E-state index is 14.2. The van der Waals surface area contributed by atoms with Crippen LogP contribution in [0.4, 0.5) is 24.7 Å². The van der Waals surface area contributed by atoms with Crippen molar-refractivity contribution in [3.05, 3.63) is 71.4 Å². The predicted molar refractivity (Wildman–Crippen MR) is 118 cm³/mol. The molecular weight excluding hydrogens is 437 g/mol. The third kappa shape index (κ3) is 3.54. The summed E-state index contributed by atoms with van der Waals surface area (Å²) in [6.45, 7) is 0.